The Bertz CT molecular complexity index is 996. The highest BCUT2D eigenvalue weighted by Crippen LogP contribution is 2.47. The van der Waals surface area contributed by atoms with E-state index in [4.69, 9.17) is 16.3 Å². The van der Waals surface area contributed by atoms with Crippen molar-refractivity contribution in [2.24, 2.45) is 0 Å². The van der Waals surface area contributed by atoms with E-state index >= 15 is 0 Å². The lowest BCUT2D eigenvalue weighted by Crippen LogP contribution is -2.70. The van der Waals surface area contributed by atoms with Crippen LogP contribution < -0.4 is 15.4 Å². The number of carbonyl (C=O) groups excluding carboxylic acids is 2. The van der Waals surface area contributed by atoms with Crippen molar-refractivity contribution in [1.29, 1.82) is 0 Å². The third kappa shape index (κ3) is 4.86. The molecule has 3 aliphatic carbocycles. The van der Waals surface area contributed by atoms with Crippen LogP contribution >= 0.6 is 11.6 Å². The number of aromatic nitrogens is 1. The minimum Gasteiger partial charge on any atom is -0.484 e. The summed E-state index contributed by atoms with van der Waals surface area (Å²) < 4.78 is 18.9. The normalized spacial score (nSPS) is 26.4. The Morgan fingerprint density at radius 3 is 2.62 bits per heavy atom. The van der Waals surface area contributed by atoms with E-state index in [0.29, 0.717) is 32.1 Å². The van der Waals surface area contributed by atoms with E-state index in [1.54, 1.807) is 18.5 Å². The van der Waals surface area contributed by atoms with Gasteiger partial charge in [-0.2, -0.15) is 0 Å². The van der Waals surface area contributed by atoms with Crippen LogP contribution in [0.1, 0.15) is 37.7 Å². The summed E-state index contributed by atoms with van der Waals surface area (Å²) in [6.45, 7) is -0.272. The van der Waals surface area contributed by atoms with E-state index in [1.807, 2.05) is 6.07 Å². The number of carbonyl (C=O) groups is 2. The number of ether oxygens (including phenoxy) is 1. The Labute approximate surface area is 190 Å². The van der Waals surface area contributed by atoms with Gasteiger partial charge in [-0.25, -0.2) is 4.39 Å². The molecule has 0 aliphatic heterocycles. The van der Waals surface area contributed by atoms with Crippen LogP contribution in [-0.4, -0.2) is 45.7 Å². The predicted molar refractivity (Wildman–Crippen MR) is 116 cm³/mol. The van der Waals surface area contributed by atoms with Crippen LogP contribution in [0.3, 0.4) is 0 Å². The largest absolute Gasteiger partial charge is 0.484 e. The molecule has 2 amide bonds. The number of fused-ring (bicyclic) bond motifs is 3. The van der Waals surface area contributed by atoms with E-state index < -0.39 is 23.0 Å². The Morgan fingerprint density at radius 2 is 1.97 bits per heavy atom. The molecule has 2 aromatic rings. The van der Waals surface area contributed by atoms with E-state index in [1.165, 1.54) is 12.1 Å². The highest BCUT2D eigenvalue weighted by atomic mass is 35.5. The van der Waals surface area contributed by atoms with Crippen molar-refractivity contribution >= 4 is 23.4 Å². The first kappa shape index (κ1) is 22.5. The second-order valence-electron chi connectivity index (χ2n) is 8.66. The van der Waals surface area contributed by atoms with Gasteiger partial charge in [0.2, 0.25) is 5.91 Å². The van der Waals surface area contributed by atoms with Gasteiger partial charge in [-0.05, 0) is 55.9 Å². The fraction of sp³-hybridized carbons (Fsp3) is 0.435. The van der Waals surface area contributed by atoms with Crippen molar-refractivity contribution in [2.45, 2.75) is 55.7 Å². The summed E-state index contributed by atoms with van der Waals surface area (Å²) >= 11 is 5.65. The number of hydrogen-bond acceptors (Lipinski definition) is 5. The standard InChI is InChI=1S/C23H25ClFN3O4/c24-17-4-3-16(11-18(17)25)32-14-21(31)27-22-5-7-23(8-6-22,19(29)12-22)28-20(30)10-15-2-1-9-26-13-15/h1-4,9,11,13,19,29H,5-8,10,12,14H2,(H,27,31)(H,28,30). The molecule has 0 spiro atoms. The van der Waals surface area contributed by atoms with Gasteiger partial charge < -0.3 is 20.5 Å². The molecule has 1 heterocycles. The zero-order valence-electron chi connectivity index (χ0n) is 17.4. The number of halogens is 2. The van der Waals surface area contributed by atoms with Crippen molar-refractivity contribution in [1.82, 2.24) is 15.6 Å². The monoisotopic (exact) mass is 461 g/mol. The molecular formula is C23H25ClFN3O4. The lowest BCUT2D eigenvalue weighted by Gasteiger charge is -2.56. The van der Waals surface area contributed by atoms with Crippen molar-refractivity contribution in [3.05, 3.63) is 59.1 Å². The fourth-order valence-corrected chi connectivity index (χ4v) is 4.84. The number of benzene rings is 1. The highest BCUT2D eigenvalue weighted by molar-refractivity contribution is 6.30. The smallest absolute Gasteiger partial charge is 0.258 e. The third-order valence-electron chi connectivity index (χ3n) is 6.46. The van der Waals surface area contributed by atoms with Crippen LogP contribution in [0, 0.1) is 5.82 Å². The van der Waals surface area contributed by atoms with Crippen molar-refractivity contribution < 1.29 is 23.8 Å². The number of rotatable bonds is 7. The van der Waals surface area contributed by atoms with Gasteiger partial charge in [0.1, 0.15) is 11.6 Å². The molecule has 1 aromatic carbocycles. The summed E-state index contributed by atoms with van der Waals surface area (Å²) in [5, 5.41) is 16.9. The summed E-state index contributed by atoms with van der Waals surface area (Å²) in [5.74, 6) is -0.906. The van der Waals surface area contributed by atoms with Crippen LogP contribution in [-0.2, 0) is 16.0 Å². The second-order valence-corrected chi connectivity index (χ2v) is 9.06. The highest BCUT2D eigenvalue weighted by Gasteiger charge is 2.55. The van der Waals surface area contributed by atoms with Gasteiger partial charge in [-0.3, -0.25) is 14.6 Å². The van der Waals surface area contributed by atoms with Crippen molar-refractivity contribution in [2.75, 3.05) is 6.61 Å². The maximum atomic E-state index is 13.5. The van der Waals surface area contributed by atoms with E-state index in [2.05, 4.69) is 15.6 Å². The summed E-state index contributed by atoms with van der Waals surface area (Å²) in [6.07, 6.45) is 5.49. The first-order chi connectivity index (χ1) is 15.3. The predicted octanol–water partition coefficient (Wildman–Crippen LogP) is 2.54. The van der Waals surface area contributed by atoms with Crippen LogP contribution in [0.4, 0.5) is 4.39 Å². The molecule has 1 aromatic heterocycles. The molecule has 170 valence electrons. The van der Waals surface area contributed by atoms with Gasteiger partial charge in [-0.15, -0.1) is 0 Å². The summed E-state index contributed by atoms with van der Waals surface area (Å²) in [4.78, 5) is 29.1. The number of hydrogen-bond donors (Lipinski definition) is 3. The van der Waals surface area contributed by atoms with Crippen LogP contribution in [0.2, 0.25) is 5.02 Å². The van der Waals surface area contributed by atoms with E-state index in [9.17, 15) is 19.1 Å². The SMILES string of the molecule is O=C(COc1ccc(Cl)c(F)c1)NC12CCC(NC(=O)Cc3cccnc3)(CC1)C(O)C2. The summed E-state index contributed by atoms with van der Waals surface area (Å²) in [5.41, 5.74) is -0.408. The molecule has 1 atom stereocenters. The molecule has 5 rings (SSSR count). The fourth-order valence-electron chi connectivity index (χ4n) is 4.72. The minimum atomic E-state index is -0.769. The first-order valence-corrected chi connectivity index (χ1v) is 10.9. The third-order valence-corrected chi connectivity index (χ3v) is 6.77. The molecule has 0 saturated heterocycles. The lowest BCUT2D eigenvalue weighted by molar-refractivity contribution is -0.135. The maximum Gasteiger partial charge on any atom is 0.258 e. The Balaban J connectivity index is 1.31. The number of aliphatic hydroxyl groups is 1. The van der Waals surface area contributed by atoms with E-state index in [0.717, 1.165) is 11.6 Å². The Kier molecular flexibility index (Phi) is 6.35. The molecule has 2 bridgehead atoms. The zero-order valence-corrected chi connectivity index (χ0v) is 18.2. The molecule has 3 saturated carbocycles. The molecule has 32 heavy (non-hydrogen) atoms. The molecule has 3 fully saturated rings. The van der Waals surface area contributed by atoms with Crippen LogP contribution in [0.15, 0.2) is 42.7 Å². The molecule has 7 nitrogen and oxygen atoms in total. The molecule has 0 radical (unpaired) electrons. The van der Waals surface area contributed by atoms with Gasteiger partial charge in [0.05, 0.1) is 23.1 Å². The Morgan fingerprint density at radius 1 is 1.19 bits per heavy atom. The topological polar surface area (TPSA) is 101 Å². The average molecular weight is 462 g/mol. The Hall–Kier alpha value is -2.71. The molecule has 3 N–H and O–H groups in total. The van der Waals surface area contributed by atoms with Gasteiger partial charge in [0.25, 0.3) is 5.91 Å². The summed E-state index contributed by atoms with van der Waals surface area (Å²) in [7, 11) is 0. The van der Waals surface area contributed by atoms with Gasteiger partial charge in [0, 0.05) is 24.0 Å². The quantitative estimate of drug-likeness (QED) is 0.588. The lowest BCUT2D eigenvalue weighted by atomic mass is 9.60. The first-order valence-electron chi connectivity index (χ1n) is 10.6. The second kappa shape index (κ2) is 9.03. The minimum absolute atomic E-state index is 0.0184. The number of nitrogens with zero attached hydrogens (tertiary/aromatic N) is 1. The van der Waals surface area contributed by atoms with Crippen molar-refractivity contribution in [3.8, 4) is 5.75 Å². The number of aliphatic hydroxyl groups excluding tert-OH is 1. The van der Waals surface area contributed by atoms with Gasteiger partial charge in [0.15, 0.2) is 6.61 Å². The number of amides is 2. The summed E-state index contributed by atoms with van der Waals surface area (Å²) in [6, 6.07) is 7.60. The molecule has 1 unspecified atom stereocenters. The van der Waals surface area contributed by atoms with Gasteiger partial charge >= 0.3 is 0 Å². The number of nitrogens with one attached hydrogen (secondary N) is 2. The van der Waals surface area contributed by atoms with Gasteiger partial charge in [-0.1, -0.05) is 17.7 Å². The molecule has 9 heteroatoms. The molecule has 3 aliphatic rings. The van der Waals surface area contributed by atoms with Crippen LogP contribution in [0.25, 0.3) is 0 Å². The average Bonchev–Trinajstić information content (AvgIpc) is 2.76. The molecular weight excluding hydrogens is 437 g/mol. The maximum absolute atomic E-state index is 13.5. The van der Waals surface area contributed by atoms with E-state index in [-0.39, 0.29) is 35.6 Å². The number of pyridine rings is 1. The van der Waals surface area contributed by atoms with Crippen molar-refractivity contribution in [3.63, 3.8) is 0 Å². The zero-order chi connectivity index (χ0) is 22.8. The van der Waals surface area contributed by atoms with Crippen LogP contribution in [0.5, 0.6) is 5.75 Å².